The largest absolute Gasteiger partial charge is 0.463 e. The fourth-order valence-corrected chi connectivity index (χ4v) is 5.47. The number of ether oxygens (including phenoxy) is 11. The Hall–Kier alpha value is -5.94. The van der Waals surface area contributed by atoms with Crippen LogP contribution in [0.3, 0.4) is 0 Å². The Balaban J connectivity index is 2.16. The zero-order chi connectivity index (χ0) is 41.9. The summed E-state index contributed by atoms with van der Waals surface area (Å²) in [4.78, 5) is 109. The minimum Gasteiger partial charge on any atom is -0.463 e. The van der Waals surface area contributed by atoms with Crippen molar-refractivity contribution in [3.63, 3.8) is 0 Å². The van der Waals surface area contributed by atoms with Crippen LogP contribution in [0, 0.1) is 10.1 Å². The number of nitro benzene ring substituents is 1. The van der Waals surface area contributed by atoms with Crippen LogP contribution >= 0.6 is 0 Å². The molecule has 23 nitrogen and oxygen atoms in total. The topological polar surface area (TPSA) is 293 Å². The standard InChI is InChI=1S/C33H40N2O21/c1-14(36)46-12-23-25(48-16(3)38)27(50-18(5)40)30(31(53-23)52-20(7)42)55-32-29(51-19(6)41)28(26(49-17(4)39)24(54-32)13-47-15(2)37)56-33(43)34-21-8-10-22(11-9-21)35(44)45/h8-11,23-32H,12-13H2,1-7H3,(H,34,43)/t23-,24-,25+,26-,27-,28+,29+,30-,31+,32+/m1/s1. The quantitative estimate of drug-likeness (QED) is 0.118. The highest BCUT2D eigenvalue weighted by molar-refractivity contribution is 5.85. The molecule has 0 spiro atoms. The van der Waals surface area contributed by atoms with E-state index in [1.165, 1.54) is 12.1 Å². The number of hydrogen-bond acceptors (Lipinski definition) is 21. The Morgan fingerprint density at radius 1 is 0.554 bits per heavy atom. The first-order chi connectivity index (χ1) is 26.2. The van der Waals surface area contributed by atoms with Crippen molar-refractivity contribution in [2.45, 2.75) is 110 Å². The van der Waals surface area contributed by atoms with Crippen LogP contribution in [0.4, 0.5) is 16.2 Å². The van der Waals surface area contributed by atoms with Gasteiger partial charge in [-0.15, -0.1) is 0 Å². The molecule has 2 aliphatic rings. The Morgan fingerprint density at radius 3 is 1.39 bits per heavy atom. The second-order valence-electron chi connectivity index (χ2n) is 12.0. The van der Waals surface area contributed by atoms with E-state index < -0.39 is 127 Å². The van der Waals surface area contributed by atoms with E-state index in [1.807, 2.05) is 0 Å². The maximum atomic E-state index is 13.3. The Labute approximate surface area is 317 Å². The highest BCUT2D eigenvalue weighted by atomic mass is 16.8. The number of nitro groups is 1. The van der Waals surface area contributed by atoms with Crippen LogP contribution in [-0.4, -0.2) is 127 Å². The summed E-state index contributed by atoms with van der Waals surface area (Å²) in [6, 6.07) is 4.51. The van der Waals surface area contributed by atoms with Crippen molar-refractivity contribution < 1.29 is 95.4 Å². The first-order valence-corrected chi connectivity index (χ1v) is 16.6. The molecule has 0 aromatic heterocycles. The van der Waals surface area contributed by atoms with Gasteiger partial charge in [0.05, 0.1) is 4.92 Å². The van der Waals surface area contributed by atoms with E-state index in [-0.39, 0.29) is 11.4 Å². The molecule has 23 heteroatoms. The number of esters is 7. The molecule has 3 rings (SSSR count). The molecular formula is C33H40N2O21. The molecule has 2 aliphatic heterocycles. The molecule has 56 heavy (non-hydrogen) atoms. The molecule has 0 saturated carbocycles. The second kappa shape index (κ2) is 20.1. The SMILES string of the molecule is CC(=O)OC[C@H]1O[C@H](OC(C)=O)[C@H](O[C@@H]2O[C@H](COC(C)=O)[C@@H](OC(C)=O)[C@H](OC(=O)Nc3ccc([N+](=O)[O-])cc3)[C@@H]2OC(C)=O)[C@H](OC(C)=O)[C@H]1OC(C)=O. The summed E-state index contributed by atoms with van der Waals surface area (Å²) in [5, 5.41) is 13.4. The highest BCUT2D eigenvalue weighted by Gasteiger charge is 2.58. The van der Waals surface area contributed by atoms with Gasteiger partial charge in [-0.3, -0.25) is 49.0 Å². The van der Waals surface area contributed by atoms with Gasteiger partial charge in [0.25, 0.3) is 5.69 Å². The normalized spacial score (nSPS) is 26.9. The first kappa shape index (κ1) is 44.5. The van der Waals surface area contributed by atoms with Gasteiger partial charge < -0.3 is 52.1 Å². The van der Waals surface area contributed by atoms with Crippen LogP contribution < -0.4 is 5.32 Å². The van der Waals surface area contributed by atoms with Crippen LogP contribution in [0.25, 0.3) is 0 Å². The third kappa shape index (κ3) is 13.1. The lowest BCUT2D eigenvalue weighted by Gasteiger charge is -2.48. The molecule has 1 amide bonds. The average Bonchev–Trinajstić information content (AvgIpc) is 3.07. The molecular weight excluding hydrogens is 760 g/mol. The van der Waals surface area contributed by atoms with Crippen molar-refractivity contribution in [2.24, 2.45) is 0 Å². The number of nitrogens with zero attached hydrogens (tertiary/aromatic N) is 1. The lowest BCUT2D eigenvalue weighted by Crippen LogP contribution is -2.67. The number of nitrogens with one attached hydrogen (secondary N) is 1. The lowest BCUT2D eigenvalue weighted by molar-refractivity contribution is -0.384. The molecule has 0 unspecified atom stereocenters. The number of carbonyl (C=O) groups is 8. The third-order valence-electron chi connectivity index (χ3n) is 7.43. The van der Waals surface area contributed by atoms with Crippen LogP contribution in [0.1, 0.15) is 48.5 Å². The molecule has 2 heterocycles. The number of hydrogen-bond donors (Lipinski definition) is 1. The van der Waals surface area contributed by atoms with E-state index >= 15 is 0 Å². The Bertz CT molecular complexity index is 1650. The summed E-state index contributed by atoms with van der Waals surface area (Å²) in [7, 11) is 0. The lowest BCUT2D eigenvalue weighted by atomic mass is 9.96. The summed E-state index contributed by atoms with van der Waals surface area (Å²) in [5.41, 5.74) is -0.302. The van der Waals surface area contributed by atoms with E-state index in [0.717, 1.165) is 60.6 Å². The molecule has 10 atom stereocenters. The highest BCUT2D eigenvalue weighted by Crippen LogP contribution is 2.36. The van der Waals surface area contributed by atoms with Gasteiger partial charge in [0.2, 0.25) is 6.29 Å². The van der Waals surface area contributed by atoms with E-state index in [1.54, 1.807) is 0 Å². The van der Waals surface area contributed by atoms with E-state index in [4.69, 9.17) is 52.1 Å². The maximum absolute atomic E-state index is 13.3. The summed E-state index contributed by atoms with van der Waals surface area (Å²) in [6.45, 7) is 5.68. The predicted molar refractivity (Wildman–Crippen MR) is 176 cm³/mol. The first-order valence-electron chi connectivity index (χ1n) is 16.6. The molecule has 2 fully saturated rings. The van der Waals surface area contributed by atoms with Crippen LogP contribution in [0.5, 0.6) is 0 Å². The molecule has 1 aromatic rings. The Morgan fingerprint density at radius 2 is 0.964 bits per heavy atom. The third-order valence-corrected chi connectivity index (χ3v) is 7.43. The molecule has 1 aromatic carbocycles. The van der Waals surface area contributed by atoms with Gasteiger partial charge >= 0.3 is 47.9 Å². The summed E-state index contributed by atoms with van der Waals surface area (Å²) in [5.74, 6) is -6.52. The van der Waals surface area contributed by atoms with E-state index in [0.29, 0.717) is 0 Å². The van der Waals surface area contributed by atoms with Crippen LogP contribution in [-0.2, 0) is 85.7 Å². The fourth-order valence-electron chi connectivity index (χ4n) is 5.47. The molecule has 1 N–H and O–H groups in total. The number of benzene rings is 1. The zero-order valence-electron chi connectivity index (χ0n) is 31.0. The maximum Gasteiger partial charge on any atom is 0.412 e. The van der Waals surface area contributed by atoms with Gasteiger partial charge in [0.1, 0.15) is 25.4 Å². The molecule has 0 bridgehead atoms. The minimum absolute atomic E-state index is 0.00221. The number of amides is 1. The average molecular weight is 801 g/mol. The van der Waals surface area contributed by atoms with Crippen molar-refractivity contribution >= 4 is 59.3 Å². The van der Waals surface area contributed by atoms with E-state index in [9.17, 15) is 48.5 Å². The fraction of sp³-hybridized carbons (Fsp3) is 0.576. The minimum atomic E-state index is -2.00. The number of non-ortho nitro benzene ring substituents is 1. The van der Waals surface area contributed by atoms with Crippen molar-refractivity contribution in [2.75, 3.05) is 18.5 Å². The summed E-state index contributed by atoms with van der Waals surface area (Å²) in [6.07, 6.45) is -19.0. The summed E-state index contributed by atoms with van der Waals surface area (Å²) < 4.78 is 60.9. The van der Waals surface area contributed by atoms with Gasteiger partial charge in [-0.2, -0.15) is 0 Å². The van der Waals surface area contributed by atoms with Crippen molar-refractivity contribution in [1.82, 2.24) is 0 Å². The van der Waals surface area contributed by atoms with Crippen molar-refractivity contribution in [1.29, 1.82) is 0 Å². The molecule has 308 valence electrons. The summed E-state index contributed by atoms with van der Waals surface area (Å²) >= 11 is 0. The van der Waals surface area contributed by atoms with Gasteiger partial charge in [0.15, 0.2) is 42.9 Å². The van der Waals surface area contributed by atoms with Gasteiger partial charge in [-0.05, 0) is 12.1 Å². The molecule has 2 saturated heterocycles. The van der Waals surface area contributed by atoms with Crippen molar-refractivity contribution in [3.05, 3.63) is 34.4 Å². The zero-order valence-corrected chi connectivity index (χ0v) is 31.0. The Kier molecular flexibility index (Phi) is 16.0. The number of anilines is 1. The predicted octanol–water partition coefficient (Wildman–Crippen LogP) is 0.763. The van der Waals surface area contributed by atoms with Gasteiger partial charge in [-0.1, -0.05) is 0 Å². The number of rotatable bonds is 14. The van der Waals surface area contributed by atoms with Gasteiger partial charge in [0, 0.05) is 66.3 Å². The number of carbonyl (C=O) groups excluding carboxylic acids is 8. The van der Waals surface area contributed by atoms with Crippen LogP contribution in [0.15, 0.2) is 24.3 Å². The molecule has 0 radical (unpaired) electrons. The second-order valence-corrected chi connectivity index (χ2v) is 12.0. The smallest absolute Gasteiger partial charge is 0.412 e. The van der Waals surface area contributed by atoms with E-state index in [2.05, 4.69) is 5.32 Å². The molecule has 0 aliphatic carbocycles. The monoisotopic (exact) mass is 800 g/mol. The van der Waals surface area contributed by atoms with Gasteiger partial charge in [-0.25, -0.2) is 4.79 Å². The van der Waals surface area contributed by atoms with Crippen LogP contribution in [0.2, 0.25) is 0 Å². The van der Waals surface area contributed by atoms with Crippen molar-refractivity contribution in [3.8, 4) is 0 Å².